The second-order valence-corrected chi connectivity index (χ2v) is 5.32. The molecule has 0 radical (unpaired) electrons. The summed E-state index contributed by atoms with van der Waals surface area (Å²) in [6.07, 6.45) is 5.51. The number of aromatic nitrogens is 2. The molecule has 1 heterocycles. The van der Waals surface area contributed by atoms with Crippen LogP contribution in [0.1, 0.15) is 17.2 Å². The van der Waals surface area contributed by atoms with E-state index in [9.17, 15) is 0 Å². The summed E-state index contributed by atoms with van der Waals surface area (Å²) in [5.74, 6) is 0.844. The Balaban J connectivity index is 1.73. The molecule has 2 aromatic carbocycles. The zero-order valence-corrected chi connectivity index (χ0v) is 13.1. The summed E-state index contributed by atoms with van der Waals surface area (Å²) in [7, 11) is 1.67. The highest BCUT2D eigenvalue weighted by Gasteiger charge is 2.13. The molecule has 0 aliphatic heterocycles. The van der Waals surface area contributed by atoms with Gasteiger partial charge in [-0.15, -0.1) is 0 Å². The first-order valence-corrected chi connectivity index (χ1v) is 7.60. The SMILES string of the molecule is COc1cccc(COC(Cn2ccnc2)c2ccccc2)c1. The molecule has 1 aromatic heterocycles. The van der Waals surface area contributed by atoms with E-state index in [2.05, 4.69) is 17.1 Å². The topological polar surface area (TPSA) is 36.3 Å². The molecule has 4 heteroatoms. The highest BCUT2D eigenvalue weighted by atomic mass is 16.5. The first-order chi connectivity index (χ1) is 11.3. The van der Waals surface area contributed by atoms with Crippen LogP contribution < -0.4 is 4.74 Å². The number of hydrogen-bond acceptors (Lipinski definition) is 3. The molecule has 0 N–H and O–H groups in total. The molecule has 0 saturated carbocycles. The van der Waals surface area contributed by atoms with Gasteiger partial charge in [-0.3, -0.25) is 0 Å². The van der Waals surface area contributed by atoms with Crippen LogP contribution in [0, 0.1) is 0 Å². The van der Waals surface area contributed by atoms with E-state index in [4.69, 9.17) is 9.47 Å². The fourth-order valence-electron chi connectivity index (χ4n) is 2.47. The van der Waals surface area contributed by atoms with Crippen molar-refractivity contribution in [1.82, 2.24) is 9.55 Å². The first kappa shape index (κ1) is 15.3. The van der Waals surface area contributed by atoms with Crippen LogP contribution in [0.5, 0.6) is 5.75 Å². The van der Waals surface area contributed by atoms with Gasteiger partial charge >= 0.3 is 0 Å². The lowest BCUT2D eigenvalue weighted by molar-refractivity contribution is 0.0279. The second kappa shape index (κ2) is 7.61. The van der Waals surface area contributed by atoms with Crippen LogP contribution in [-0.2, 0) is 17.9 Å². The quantitative estimate of drug-likeness (QED) is 0.665. The summed E-state index contributed by atoms with van der Waals surface area (Å²) in [5, 5.41) is 0. The summed E-state index contributed by atoms with van der Waals surface area (Å²) >= 11 is 0. The molecule has 3 aromatic rings. The van der Waals surface area contributed by atoms with Crippen molar-refractivity contribution in [2.75, 3.05) is 7.11 Å². The Bertz CT molecular complexity index is 711. The third-order valence-corrected chi connectivity index (χ3v) is 3.69. The van der Waals surface area contributed by atoms with E-state index in [1.807, 2.05) is 59.6 Å². The van der Waals surface area contributed by atoms with Crippen molar-refractivity contribution in [3.8, 4) is 5.75 Å². The van der Waals surface area contributed by atoms with Crippen molar-refractivity contribution in [2.45, 2.75) is 19.3 Å². The van der Waals surface area contributed by atoms with Gasteiger partial charge in [-0.2, -0.15) is 0 Å². The van der Waals surface area contributed by atoms with E-state index in [1.54, 1.807) is 13.3 Å². The minimum Gasteiger partial charge on any atom is -0.497 e. The Kier molecular flexibility index (Phi) is 5.06. The molecule has 0 amide bonds. The van der Waals surface area contributed by atoms with Crippen LogP contribution in [0.15, 0.2) is 73.3 Å². The molecule has 1 atom stereocenters. The number of rotatable bonds is 7. The number of methoxy groups -OCH3 is 1. The van der Waals surface area contributed by atoms with E-state index in [-0.39, 0.29) is 6.10 Å². The Labute approximate surface area is 136 Å². The molecule has 0 aliphatic rings. The normalized spacial score (nSPS) is 12.0. The summed E-state index contributed by atoms with van der Waals surface area (Å²) < 4.78 is 13.5. The maximum Gasteiger partial charge on any atom is 0.119 e. The molecule has 0 saturated heterocycles. The third-order valence-electron chi connectivity index (χ3n) is 3.69. The van der Waals surface area contributed by atoms with Gasteiger partial charge in [0, 0.05) is 12.4 Å². The predicted molar refractivity (Wildman–Crippen MR) is 89.2 cm³/mol. The van der Waals surface area contributed by atoms with Gasteiger partial charge in [0.05, 0.1) is 26.6 Å². The van der Waals surface area contributed by atoms with E-state index >= 15 is 0 Å². The Morgan fingerprint density at radius 3 is 2.70 bits per heavy atom. The van der Waals surface area contributed by atoms with Crippen molar-refractivity contribution in [3.63, 3.8) is 0 Å². The monoisotopic (exact) mass is 308 g/mol. The van der Waals surface area contributed by atoms with Crippen LogP contribution in [0.2, 0.25) is 0 Å². The summed E-state index contributed by atoms with van der Waals surface area (Å²) in [6.45, 7) is 1.26. The van der Waals surface area contributed by atoms with Crippen LogP contribution in [-0.4, -0.2) is 16.7 Å². The third kappa shape index (κ3) is 4.20. The van der Waals surface area contributed by atoms with Crippen LogP contribution in [0.3, 0.4) is 0 Å². The van der Waals surface area contributed by atoms with Gasteiger partial charge in [0.2, 0.25) is 0 Å². The van der Waals surface area contributed by atoms with Crippen molar-refractivity contribution >= 4 is 0 Å². The lowest BCUT2D eigenvalue weighted by Crippen LogP contribution is -2.12. The molecule has 3 rings (SSSR count). The number of imidazole rings is 1. The van der Waals surface area contributed by atoms with E-state index in [1.165, 1.54) is 0 Å². The first-order valence-electron chi connectivity index (χ1n) is 7.60. The standard InChI is InChI=1S/C19H20N2O2/c1-22-18-9-5-6-16(12-18)14-23-19(13-21-11-10-20-15-21)17-7-3-2-4-8-17/h2-12,15,19H,13-14H2,1H3. The van der Waals surface area contributed by atoms with Gasteiger partial charge in [0.1, 0.15) is 11.9 Å². The molecule has 4 nitrogen and oxygen atoms in total. The highest BCUT2D eigenvalue weighted by molar-refractivity contribution is 5.28. The van der Waals surface area contributed by atoms with Crippen LogP contribution in [0.4, 0.5) is 0 Å². The number of benzene rings is 2. The smallest absolute Gasteiger partial charge is 0.119 e. The average Bonchev–Trinajstić information content (AvgIpc) is 3.12. The summed E-state index contributed by atoms with van der Waals surface area (Å²) in [4.78, 5) is 4.10. The van der Waals surface area contributed by atoms with Crippen LogP contribution >= 0.6 is 0 Å². The molecule has 0 aliphatic carbocycles. The molecule has 0 fully saturated rings. The largest absolute Gasteiger partial charge is 0.497 e. The lowest BCUT2D eigenvalue weighted by Gasteiger charge is -2.19. The van der Waals surface area contributed by atoms with Gasteiger partial charge in [-0.25, -0.2) is 4.98 Å². The molecule has 118 valence electrons. The molecule has 0 spiro atoms. The van der Waals surface area contributed by atoms with Crippen molar-refractivity contribution in [2.24, 2.45) is 0 Å². The van der Waals surface area contributed by atoms with E-state index in [0.717, 1.165) is 23.4 Å². The minimum absolute atomic E-state index is 0.0309. The highest BCUT2D eigenvalue weighted by Crippen LogP contribution is 2.22. The molecular weight excluding hydrogens is 288 g/mol. The van der Waals surface area contributed by atoms with E-state index in [0.29, 0.717) is 6.61 Å². The van der Waals surface area contributed by atoms with Crippen molar-refractivity contribution in [1.29, 1.82) is 0 Å². The average molecular weight is 308 g/mol. The van der Waals surface area contributed by atoms with Crippen molar-refractivity contribution < 1.29 is 9.47 Å². The molecular formula is C19H20N2O2. The number of nitrogens with zero attached hydrogens (tertiary/aromatic N) is 2. The summed E-state index contributed by atoms with van der Waals surface area (Å²) in [5.41, 5.74) is 2.25. The maximum absolute atomic E-state index is 6.18. The summed E-state index contributed by atoms with van der Waals surface area (Å²) in [6, 6.07) is 18.2. The molecule has 0 bridgehead atoms. The fraction of sp³-hybridized carbons (Fsp3) is 0.211. The Morgan fingerprint density at radius 1 is 1.09 bits per heavy atom. The predicted octanol–water partition coefficient (Wildman–Crippen LogP) is 3.85. The Hall–Kier alpha value is -2.59. The van der Waals surface area contributed by atoms with Gasteiger partial charge in [0.25, 0.3) is 0 Å². The Morgan fingerprint density at radius 2 is 1.96 bits per heavy atom. The zero-order chi connectivity index (χ0) is 15.9. The fourth-order valence-corrected chi connectivity index (χ4v) is 2.47. The maximum atomic E-state index is 6.18. The van der Waals surface area contributed by atoms with Gasteiger partial charge in [-0.1, -0.05) is 42.5 Å². The van der Waals surface area contributed by atoms with Gasteiger partial charge in [-0.05, 0) is 23.3 Å². The lowest BCUT2D eigenvalue weighted by atomic mass is 10.1. The number of hydrogen-bond donors (Lipinski definition) is 0. The van der Waals surface area contributed by atoms with E-state index < -0.39 is 0 Å². The van der Waals surface area contributed by atoms with Gasteiger partial charge in [0.15, 0.2) is 0 Å². The van der Waals surface area contributed by atoms with Gasteiger partial charge < -0.3 is 14.0 Å². The van der Waals surface area contributed by atoms with Crippen molar-refractivity contribution in [3.05, 3.63) is 84.4 Å². The zero-order valence-electron chi connectivity index (χ0n) is 13.1. The molecule has 1 unspecified atom stereocenters. The number of ether oxygens (including phenoxy) is 2. The van der Waals surface area contributed by atoms with Crippen LogP contribution in [0.25, 0.3) is 0 Å². The minimum atomic E-state index is -0.0309. The second-order valence-electron chi connectivity index (χ2n) is 5.32. The molecule has 23 heavy (non-hydrogen) atoms.